The average Bonchev–Trinajstić information content (AvgIpc) is 2.40. The van der Waals surface area contributed by atoms with Crippen molar-refractivity contribution in [3.63, 3.8) is 0 Å². The van der Waals surface area contributed by atoms with Crippen LogP contribution in [0.2, 0.25) is 0 Å². The lowest BCUT2D eigenvalue weighted by Crippen LogP contribution is -2.30. The van der Waals surface area contributed by atoms with Gasteiger partial charge in [-0.2, -0.15) is 0 Å². The van der Waals surface area contributed by atoms with Gasteiger partial charge < -0.3 is 20.1 Å². The fraction of sp³-hybridized carbons (Fsp3) is 0.200. The van der Waals surface area contributed by atoms with Crippen molar-refractivity contribution >= 4 is 0 Å². The second-order valence-corrected chi connectivity index (χ2v) is 4.66. The summed E-state index contributed by atoms with van der Waals surface area (Å²) in [5, 5.41) is 29.4. The topological polar surface area (TPSA) is 69.9 Å². The van der Waals surface area contributed by atoms with Gasteiger partial charge in [0.05, 0.1) is 6.10 Å². The van der Waals surface area contributed by atoms with Crippen LogP contribution in [0.1, 0.15) is 17.2 Å². The molecule has 19 heavy (non-hydrogen) atoms. The normalized spacial score (nSPS) is 21.5. The third-order valence-corrected chi connectivity index (χ3v) is 3.31. The second kappa shape index (κ2) is 4.48. The molecule has 4 heteroatoms. The molecule has 1 aliphatic heterocycles. The summed E-state index contributed by atoms with van der Waals surface area (Å²) >= 11 is 0. The van der Waals surface area contributed by atoms with Gasteiger partial charge in [0, 0.05) is 24.1 Å². The molecule has 2 aromatic rings. The van der Waals surface area contributed by atoms with Crippen LogP contribution in [0.3, 0.4) is 0 Å². The zero-order chi connectivity index (χ0) is 13.4. The number of hydrogen-bond donors (Lipinski definition) is 3. The number of aliphatic hydroxyl groups is 1. The first-order valence-corrected chi connectivity index (χ1v) is 6.09. The lowest BCUT2D eigenvalue weighted by molar-refractivity contribution is 0.0198. The van der Waals surface area contributed by atoms with Crippen LogP contribution < -0.4 is 4.74 Å². The molecule has 2 atom stereocenters. The van der Waals surface area contributed by atoms with E-state index >= 15 is 0 Å². The number of ether oxygens (including phenoxy) is 1. The molecule has 0 radical (unpaired) electrons. The zero-order valence-corrected chi connectivity index (χ0v) is 10.2. The van der Waals surface area contributed by atoms with Crippen molar-refractivity contribution in [1.82, 2.24) is 0 Å². The molecule has 1 heterocycles. The maximum atomic E-state index is 10.2. The fourth-order valence-electron chi connectivity index (χ4n) is 2.39. The minimum Gasteiger partial charge on any atom is -0.508 e. The molecule has 1 aliphatic rings. The number of aliphatic hydroxyl groups excluding tert-OH is 1. The Morgan fingerprint density at radius 1 is 1.05 bits per heavy atom. The number of rotatable bonds is 1. The van der Waals surface area contributed by atoms with Crippen molar-refractivity contribution in [2.24, 2.45) is 0 Å². The van der Waals surface area contributed by atoms with E-state index in [2.05, 4.69) is 0 Å². The largest absolute Gasteiger partial charge is 0.508 e. The van der Waals surface area contributed by atoms with E-state index in [0.29, 0.717) is 17.7 Å². The maximum Gasteiger partial charge on any atom is 0.150 e. The second-order valence-electron chi connectivity index (χ2n) is 4.66. The van der Waals surface area contributed by atoms with Crippen LogP contribution in [-0.4, -0.2) is 21.4 Å². The summed E-state index contributed by atoms with van der Waals surface area (Å²) in [6, 6.07) is 12.1. The number of aromatic hydroxyl groups is 2. The first-order valence-electron chi connectivity index (χ1n) is 6.09. The summed E-state index contributed by atoms with van der Waals surface area (Å²) < 4.78 is 5.72. The van der Waals surface area contributed by atoms with Crippen molar-refractivity contribution in [2.45, 2.75) is 18.6 Å². The highest BCUT2D eigenvalue weighted by Crippen LogP contribution is 2.41. The van der Waals surface area contributed by atoms with Crippen molar-refractivity contribution in [2.75, 3.05) is 0 Å². The zero-order valence-electron chi connectivity index (χ0n) is 10.2. The molecule has 0 aliphatic carbocycles. The summed E-state index contributed by atoms with van der Waals surface area (Å²) in [5.41, 5.74) is 1.39. The SMILES string of the molecule is Oc1cc(O)c2c(c1)O[C@@H](c1ccccc1)[C@H](O)C2. The number of benzene rings is 2. The third-order valence-electron chi connectivity index (χ3n) is 3.31. The van der Waals surface area contributed by atoms with E-state index in [0.717, 1.165) is 5.56 Å². The first kappa shape index (κ1) is 11.9. The molecular formula is C15H14O4. The first-order chi connectivity index (χ1) is 9.15. The summed E-state index contributed by atoms with van der Waals surface area (Å²) in [7, 11) is 0. The van der Waals surface area contributed by atoms with Crippen LogP contribution >= 0.6 is 0 Å². The molecule has 2 aromatic carbocycles. The van der Waals surface area contributed by atoms with Gasteiger partial charge in [0.2, 0.25) is 0 Å². The van der Waals surface area contributed by atoms with Crippen molar-refractivity contribution < 1.29 is 20.1 Å². The lowest BCUT2D eigenvalue weighted by atomic mass is 9.94. The fourth-order valence-corrected chi connectivity index (χ4v) is 2.39. The highest BCUT2D eigenvalue weighted by molar-refractivity contribution is 5.51. The Labute approximate surface area is 110 Å². The van der Waals surface area contributed by atoms with Gasteiger partial charge in [-0.25, -0.2) is 0 Å². The predicted octanol–water partition coefficient (Wildman–Crippen LogP) is 2.13. The molecule has 4 nitrogen and oxygen atoms in total. The molecule has 0 fully saturated rings. The standard InChI is InChI=1S/C15H14O4/c16-10-6-12(17)11-8-13(18)15(19-14(11)7-10)9-4-2-1-3-5-9/h1-7,13,15-18H,8H2/t13-,15+/m1/s1. The molecule has 3 N–H and O–H groups in total. The van der Waals surface area contributed by atoms with Crippen molar-refractivity contribution in [1.29, 1.82) is 0 Å². The summed E-state index contributed by atoms with van der Waals surface area (Å²) in [6.07, 6.45) is -0.929. The highest BCUT2D eigenvalue weighted by Gasteiger charge is 2.31. The number of phenolic OH excluding ortho intramolecular Hbond substituents is 2. The van der Waals surface area contributed by atoms with Crippen LogP contribution in [-0.2, 0) is 6.42 Å². The van der Waals surface area contributed by atoms with Gasteiger partial charge in [-0.05, 0) is 5.56 Å². The predicted molar refractivity (Wildman–Crippen MR) is 69.3 cm³/mol. The number of phenols is 2. The Morgan fingerprint density at radius 2 is 1.79 bits per heavy atom. The molecule has 0 aromatic heterocycles. The Hall–Kier alpha value is -2.20. The van der Waals surface area contributed by atoms with Crippen LogP contribution in [0.5, 0.6) is 17.2 Å². The van der Waals surface area contributed by atoms with Crippen LogP contribution in [0.15, 0.2) is 42.5 Å². The third kappa shape index (κ3) is 2.11. The van der Waals surface area contributed by atoms with E-state index in [-0.39, 0.29) is 11.5 Å². The Morgan fingerprint density at radius 3 is 2.53 bits per heavy atom. The van der Waals surface area contributed by atoms with Crippen LogP contribution in [0.25, 0.3) is 0 Å². The Kier molecular flexibility index (Phi) is 2.80. The smallest absolute Gasteiger partial charge is 0.150 e. The van der Waals surface area contributed by atoms with Crippen LogP contribution in [0.4, 0.5) is 0 Å². The molecule has 3 rings (SSSR count). The summed E-state index contributed by atoms with van der Waals surface area (Å²) in [5.74, 6) is 0.302. The quantitative estimate of drug-likeness (QED) is 0.733. The monoisotopic (exact) mass is 258 g/mol. The number of fused-ring (bicyclic) bond motifs is 1. The molecule has 0 saturated heterocycles. The van der Waals surface area contributed by atoms with E-state index in [1.807, 2.05) is 30.3 Å². The molecular weight excluding hydrogens is 244 g/mol. The van der Waals surface area contributed by atoms with E-state index in [1.54, 1.807) is 0 Å². The van der Waals surface area contributed by atoms with Crippen molar-refractivity contribution in [3.05, 3.63) is 53.6 Å². The maximum absolute atomic E-state index is 10.2. The van der Waals surface area contributed by atoms with Gasteiger partial charge in [-0.3, -0.25) is 0 Å². The van der Waals surface area contributed by atoms with Crippen LogP contribution in [0, 0.1) is 0 Å². The Balaban J connectivity index is 2.00. The van der Waals surface area contributed by atoms with E-state index in [4.69, 9.17) is 4.74 Å². The minimum atomic E-state index is -0.731. The van der Waals surface area contributed by atoms with Crippen molar-refractivity contribution in [3.8, 4) is 17.2 Å². The van der Waals surface area contributed by atoms with Gasteiger partial charge in [0.25, 0.3) is 0 Å². The van der Waals surface area contributed by atoms with Gasteiger partial charge in [-0.15, -0.1) is 0 Å². The van der Waals surface area contributed by atoms with Gasteiger partial charge in [0.15, 0.2) is 0 Å². The summed E-state index contributed by atoms with van der Waals surface area (Å²) in [4.78, 5) is 0. The van der Waals surface area contributed by atoms with E-state index < -0.39 is 12.2 Å². The van der Waals surface area contributed by atoms with Gasteiger partial charge >= 0.3 is 0 Å². The Bertz CT molecular complexity index is 595. The number of hydrogen-bond acceptors (Lipinski definition) is 4. The average molecular weight is 258 g/mol. The minimum absolute atomic E-state index is 0.0550. The molecule has 0 unspecified atom stereocenters. The van der Waals surface area contributed by atoms with E-state index in [9.17, 15) is 15.3 Å². The molecule has 0 bridgehead atoms. The van der Waals surface area contributed by atoms with E-state index in [1.165, 1.54) is 12.1 Å². The van der Waals surface area contributed by atoms with Gasteiger partial charge in [0.1, 0.15) is 23.4 Å². The molecule has 0 spiro atoms. The van der Waals surface area contributed by atoms with Gasteiger partial charge in [-0.1, -0.05) is 30.3 Å². The molecule has 98 valence electrons. The lowest BCUT2D eigenvalue weighted by Gasteiger charge is -2.31. The highest BCUT2D eigenvalue weighted by atomic mass is 16.5. The molecule has 0 saturated carbocycles. The molecule has 0 amide bonds. The summed E-state index contributed by atoms with van der Waals surface area (Å²) in [6.45, 7) is 0.